The minimum absolute atomic E-state index is 0. The number of nitrogens with zero attached hydrogens (tertiary/aromatic N) is 2. The van der Waals surface area contributed by atoms with Gasteiger partial charge >= 0.3 is 0 Å². The lowest BCUT2D eigenvalue weighted by Crippen LogP contribution is -2.53. The molecule has 9 heteroatoms. The summed E-state index contributed by atoms with van der Waals surface area (Å²) >= 11 is 6.00. The van der Waals surface area contributed by atoms with Crippen LogP contribution in [0.1, 0.15) is 13.8 Å². The first-order valence-corrected chi connectivity index (χ1v) is 9.36. The number of nitrogens with two attached hydrogens (primary N) is 1. The van der Waals surface area contributed by atoms with Gasteiger partial charge in [0, 0.05) is 32.2 Å². The maximum atomic E-state index is 12.6. The van der Waals surface area contributed by atoms with E-state index >= 15 is 0 Å². The zero-order valence-corrected chi connectivity index (χ0v) is 16.1. The van der Waals surface area contributed by atoms with Gasteiger partial charge in [0.15, 0.2) is 0 Å². The molecular weight excluding hydrogens is 373 g/mol. The van der Waals surface area contributed by atoms with Gasteiger partial charge in [-0.1, -0.05) is 30.7 Å². The fourth-order valence-electron chi connectivity index (χ4n) is 2.45. The van der Waals surface area contributed by atoms with Gasteiger partial charge < -0.3 is 10.6 Å². The topological polar surface area (TPSA) is 83.7 Å². The van der Waals surface area contributed by atoms with Crippen molar-refractivity contribution < 1.29 is 13.2 Å². The van der Waals surface area contributed by atoms with Gasteiger partial charge in [0.05, 0.1) is 10.9 Å². The van der Waals surface area contributed by atoms with Crippen molar-refractivity contribution in [1.29, 1.82) is 0 Å². The summed E-state index contributed by atoms with van der Waals surface area (Å²) < 4.78 is 26.7. The normalized spacial score (nSPS) is 18.6. The third kappa shape index (κ3) is 4.40. The average Bonchev–Trinajstić information content (AvgIpc) is 2.53. The van der Waals surface area contributed by atoms with Crippen molar-refractivity contribution in [2.75, 3.05) is 26.2 Å². The van der Waals surface area contributed by atoms with E-state index in [1.807, 2.05) is 0 Å². The maximum Gasteiger partial charge on any atom is 0.244 e. The number of hydrogen-bond donors (Lipinski definition) is 1. The van der Waals surface area contributed by atoms with Crippen molar-refractivity contribution in [3.8, 4) is 0 Å². The molecule has 2 N–H and O–H groups in total. The number of rotatable bonds is 4. The minimum atomic E-state index is -3.64. The van der Waals surface area contributed by atoms with Gasteiger partial charge in [0.1, 0.15) is 4.90 Å². The van der Waals surface area contributed by atoms with Gasteiger partial charge in [-0.15, -0.1) is 12.4 Å². The molecule has 2 unspecified atom stereocenters. The van der Waals surface area contributed by atoms with Gasteiger partial charge in [0.25, 0.3) is 0 Å². The number of sulfonamides is 1. The second-order valence-corrected chi connectivity index (χ2v) is 8.12. The van der Waals surface area contributed by atoms with Gasteiger partial charge in [-0.2, -0.15) is 4.31 Å². The summed E-state index contributed by atoms with van der Waals surface area (Å²) in [5.41, 5.74) is 5.76. The Morgan fingerprint density at radius 3 is 2.21 bits per heavy atom. The first kappa shape index (κ1) is 21.2. The summed E-state index contributed by atoms with van der Waals surface area (Å²) in [4.78, 5) is 14.1. The van der Waals surface area contributed by atoms with Crippen LogP contribution in [0.5, 0.6) is 0 Å². The van der Waals surface area contributed by atoms with Crippen molar-refractivity contribution in [2.24, 2.45) is 11.7 Å². The molecule has 1 fully saturated rings. The van der Waals surface area contributed by atoms with E-state index < -0.39 is 10.0 Å². The lowest BCUT2D eigenvalue weighted by Gasteiger charge is -2.35. The van der Waals surface area contributed by atoms with E-state index in [-0.39, 0.29) is 53.3 Å². The van der Waals surface area contributed by atoms with E-state index in [0.29, 0.717) is 13.1 Å². The molecule has 1 aromatic carbocycles. The summed E-state index contributed by atoms with van der Waals surface area (Å²) in [6.07, 6.45) is 0. The number of carbonyl (C=O) groups is 1. The smallest absolute Gasteiger partial charge is 0.244 e. The van der Waals surface area contributed by atoms with Crippen LogP contribution >= 0.6 is 24.0 Å². The molecule has 24 heavy (non-hydrogen) atoms. The highest BCUT2D eigenvalue weighted by atomic mass is 35.5. The molecular formula is C15H23Cl2N3O3S. The third-order valence-electron chi connectivity index (χ3n) is 4.18. The molecule has 0 aromatic heterocycles. The largest absolute Gasteiger partial charge is 0.340 e. The lowest BCUT2D eigenvalue weighted by atomic mass is 10.0. The molecule has 1 aliphatic rings. The molecule has 0 aliphatic carbocycles. The highest BCUT2D eigenvalue weighted by Crippen LogP contribution is 2.25. The summed E-state index contributed by atoms with van der Waals surface area (Å²) in [6.45, 7) is 4.82. The Hall–Kier alpha value is -0.860. The first-order valence-electron chi connectivity index (χ1n) is 7.54. The number of benzene rings is 1. The van der Waals surface area contributed by atoms with E-state index in [1.165, 1.54) is 10.4 Å². The molecule has 1 saturated heterocycles. The van der Waals surface area contributed by atoms with Gasteiger partial charge in [-0.3, -0.25) is 4.79 Å². The van der Waals surface area contributed by atoms with Crippen LogP contribution in [0.4, 0.5) is 0 Å². The molecule has 6 nitrogen and oxygen atoms in total. The van der Waals surface area contributed by atoms with Crippen molar-refractivity contribution in [1.82, 2.24) is 9.21 Å². The molecule has 0 spiro atoms. The van der Waals surface area contributed by atoms with E-state index in [2.05, 4.69) is 0 Å². The second-order valence-electron chi connectivity index (χ2n) is 5.81. The van der Waals surface area contributed by atoms with Crippen LogP contribution < -0.4 is 5.73 Å². The Morgan fingerprint density at radius 1 is 1.17 bits per heavy atom. The van der Waals surface area contributed by atoms with E-state index in [4.69, 9.17) is 17.3 Å². The van der Waals surface area contributed by atoms with Crippen LogP contribution in [0, 0.1) is 5.92 Å². The number of amides is 1. The summed E-state index contributed by atoms with van der Waals surface area (Å²) in [5, 5.41) is 0.205. The first-order chi connectivity index (χ1) is 10.7. The van der Waals surface area contributed by atoms with E-state index in [0.717, 1.165) is 0 Å². The zero-order valence-electron chi connectivity index (χ0n) is 13.7. The van der Waals surface area contributed by atoms with Crippen LogP contribution in [0.15, 0.2) is 29.2 Å². The Labute approximate surface area is 154 Å². The Balaban J connectivity index is 0.00000288. The molecule has 0 bridgehead atoms. The van der Waals surface area contributed by atoms with Gasteiger partial charge in [0.2, 0.25) is 15.9 Å². The van der Waals surface area contributed by atoms with Gasteiger partial charge in [-0.05, 0) is 19.1 Å². The molecule has 1 aromatic rings. The molecule has 1 amide bonds. The standard InChI is InChI=1S/C15H22ClN3O3S.ClH/c1-11(12(2)17)15(20)18-7-9-19(10-8-18)23(21,22)14-6-4-3-5-13(14)16;/h3-6,11-12H,7-10,17H2,1-2H3;1H. The third-order valence-corrected chi connectivity index (χ3v) is 6.58. The lowest BCUT2D eigenvalue weighted by molar-refractivity contribution is -0.136. The Kier molecular flexibility index (Phi) is 7.49. The SMILES string of the molecule is CC(N)C(C)C(=O)N1CCN(S(=O)(=O)c2ccccc2Cl)CC1.Cl. The van der Waals surface area contributed by atoms with Crippen molar-refractivity contribution in [3.63, 3.8) is 0 Å². The van der Waals surface area contributed by atoms with E-state index in [1.54, 1.807) is 36.9 Å². The molecule has 1 aliphatic heterocycles. The molecule has 136 valence electrons. The summed E-state index contributed by atoms with van der Waals surface area (Å²) in [5.74, 6) is -0.309. The second kappa shape index (κ2) is 8.49. The molecule has 0 saturated carbocycles. The van der Waals surface area contributed by atoms with Crippen LogP contribution in [-0.2, 0) is 14.8 Å². The highest BCUT2D eigenvalue weighted by Gasteiger charge is 2.32. The van der Waals surface area contributed by atoms with Crippen LogP contribution in [0.25, 0.3) is 0 Å². The minimum Gasteiger partial charge on any atom is -0.340 e. The fraction of sp³-hybridized carbons (Fsp3) is 0.533. The van der Waals surface area contributed by atoms with Crippen LogP contribution in [0.3, 0.4) is 0 Å². The quantitative estimate of drug-likeness (QED) is 0.838. The van der Waals surface area contributed by atoms with Crippen LogP contribution in [-0.4, -0.2) is 55.8 Å². The van der Waals surface area contributed by atoms with Crippen molar-refractivity contribution >= 4 is 39.9 Å². The summed E-state index contributed by atoms with van der Waals surface area (Å²) in [7, 11) is -3.64. The number of hydrogen-bond acceptors (Lipinski definition) is 4. The monoisotopic (exact) mass is 395 g/mol. The van der Waals surface area contributed by atoms with Gasteiger partial charge in [-0.25, -0.2) is 8.42 Å². The number of halogens is 2. The van der Waals surface area contributed by atoms with Crippen molar-refractivity contribution in [3.05, 3.63) is 29.3 Å². The van der Waals surface area contributed by atoms with Crippen molar-refractivity contribution in [2.45, 2.75) is 24.8 Å². The maximum absolute atomic E-state index is 12.6. The predicted molar refractivity (Wildman–Crippen MR) is 96.9 cm³/mol. The number of carbonyl (C=O) groups excluding carboxylic acids is 1. The average molecular weight is 396 g/mol. The predicted octanol–water partition coefficient (Wildman–Crippen LogP) is 1.58. The molecule has 2 rings (SSSR count). The molecule has 2 atom stereocenters. The highest BCUT2D eigenvalue weighted by molar-refractivity contribution is 7.89. The Bertz CT molecular complexity index is 674. The summed E-state index contributed by atoms with van der Waals surface area (Å²) in [6, 6.07) is 6.15. The Morgan fingerprint density at radius 2 is 1.71 bits per heavy atom. The molecule has 1 heterocycles. The van der Waals surface area contributed by atoms with Crippen LogP contribution in [0.2, 0.25) is 5.02 Å². The molecule has 0 radical (unpaired) electrons. The van der Waals surface area contributed by atoms with E-state index in [9.17, 15) is 13.2 Å². The fourth-order valence-corrected chi connectivity index (χ4v) is 4.37. The zero-order chi connectivity index (χ0) is 17.2. The number of piperazine rings is 1.